The Morgan fingerprint density at radius 1 is 1.00 bits per heavy atom. The first kappa shape index (κ1) is 18.9. The van der Waals surface area contributed by atoms with Crippen LogP contribution in [-0.2, 0) is 6.61 Å². The summed E-state index contributed by atoms with van der Waals surface area (Å²) in [6.45, 7) is 2.03. The van der Waals surface area contributed by atoms with Crippen molar-refractivity contribution in [3.63, 3.8) is 0 Å². The molecule has 1 aromatic carbocycles. The lowest BCUT2D eigenvalue weighted by molar-refractivity contribution is 0.270. The number of furan rings is 1. The zero-order valence-corrected chi connectivity index (χ0v) is 16.4. The van der Waals surface area contributed by atoms with Crippen LogP contribution >= 0.6 is 0 Å². The van der Waals surface area contributed by atoms with Crippen molar-refractivity contribution >= 4 is 5.88 Å². The minimum absolute atomic E-state index is 0.275. The molecule has 29 heavy (non-hydrogen) atoms. The van der Waals surface area contributed by atoms with Gasteiger partial charge in [0.1, 0.15) is 29.9 Å². The number of oxazole rings is 1. The van der Waals surface area contributed by atoms with Gasteiger partial charge in [0.05, 0.1) is 7.11 Å². The molecule has 0 saturated carbocycles. The summed E-state index contributed by atoms with van der Waals surface area (Å²) >= 11 is 0. The van der Waals surface area contributed by atoms with E-state index < -0.39 is 0 Å². The first-order valence-corrected chi connectivity index (χ1v) is 9.78. The second kappa shape index (κ2) is 8.74. The third-order valence-corrected chi connectivity index (χ3v) is 4.92. The van der Waals surface area contributed by atoms with Crippen molar-refractivity contribution in [1.82, 2.24) is 4.98 Å². The number of nitriles is 1. The zero-order valence-electron chi connectivity index (χ0n) is 16.4. The Morgan fingerprint density at radius 3 is 2.41 bits per heavy atom. The molecule has 0 amide bonds. The van der Waals surface area contributed by atoms with Gasteiger partial charge in [-0.3, -0.25) is 0 Å². The number of benzene rings is 1. The molecule has 2 aromatic heterocycles. The second-order valence-corrected chi connectivity index (χ2v) is 6.92. The van der Waals surface area contributed by atoms with E-state index in [1.165, 1.54) is 12.8 Å². The first-order valence-electron chi connectivity index (χ1n) is 9.78. The summed E-state index contributed by atoms with van der Waals surface area (Å²) in [4.78, 5) is 6.45. The highest BCUT2D eigenvalue weighted by molar-refractivity contribution is 5.56. The smallest absolute Gasteiger partial charge is 0.266 e. The Bertz CT molecular complexity index is 976. The molecular formula is C22H23N3O4. The fraction of sp³-hybridized carbons (Fsp3) is 0.364. The van der Waals surface area contributed by atoms with Crippen LogP contribution in [0.5, 0.6) is 11.5 Å². The summed E-state index contributed by atoms with van der Waals surface area (Å²) in [6.07, 6.45) is 4.59. The van der Waals surface area contributed by atoms with E-state index in [2.05, 4.69) is 16.0 Å². The molecule has 0 N–H and O–H groups in total. The Labute approximate surface area is 169 Å². The molecule has 3 aromatic rings. The predicted molar refractivity (Wildman–Crippen MR) is 107 cm³/mol. The minimum atomic E-state index is 0.275. The molecule has 0 bridgehead atoms. The number of rotatable bonds is 6. The summed E-state index contributed by atoms with van der Waals surface area (Å²) in [5, 5.41) is 9.47. The van der Waals surface area contributed by atoms with E-state index in [9.17, 15) is 5.26 Å². The van der Waals surface area contributed by atoms with Crippen molar-refractivity contribution in [3.05, 3.63) is 47.9 Å². The monoisotopic (exact) mass is 393 g/mol. The molecule has 0 spiro atoms. The van der Waals surface area contributed by atoms with Crippen LogP contribution in [0.2, 0.25) is 0 Å². The Balaban J connectivity index is 1.46. The predicted octanol–water partition coefficient (Wildman–Crippen LogP) is 4.77. The minimum Gasteiger partial charge on any atom is -0.497 e. The van der Waals surface area contributed by atoms with Crippen molar-refractivity contribution < 1.29 is 18.3 Å². The van der Waals surface area contributed by atoms with E-state index >= 15 is 0 Å². The van der Waals surface area contributed by atoms with Crippen LogP contribution in [0.25, 0.3) is 11.7 Å². The third kappa shape index (κ3) is 4.37. The standard InChI is InChI=1S/C22H23N3O4/c1-26-16-6-8-17(9-7-16)27-15-18-10-11-20(28-18)21-24-19(14-23)22(29-21)25-12-4-2-3-5-13-25/h6-11H,2-5,12-13,15H2,1H3. The van der Waals surface area contributed by atoms with Crippen LogP contribution in [0.1, 0.15) is 37.1 Å². The SMILES string of the molecule is COc1ccc(OCc2ccc(-c3nc(C#N)c(N4CCCCCC4)o3)o2)cc1. The average Bonchev–Trinajstić information content (AvgIpc) is 3.32. The van der Waals surface area contributed by atoms with Gasteiger partial charge in [-0.2, -0.15) is 10.2 Å². The Kier molecular flexibility index (Phi) is 5.71. The third-order valence-electron chi connectivity index (χ3n) is 4.92. The summed E-state index contributed by atoms with van der Waals surface area (Å²) in [7, 11) is 1.62. The van der Waals surface area contributed by atoms with Gasteiger partial charge in [0.15, 0.2) is 5.76 Å². The number of methoxy groups -OCH3 is 1. The van der Waals surface area contributed by atoms with Crippen LogP contribution in [0, 0.1) is 11.3 Å². The van der Waals surface area contributed by atoms with Crippen molar-refractivity contribution in [1.29, 1.82) is 5.26 Å². The van der Waals surface area contributed by atoms with E-state index in [1.54, 1.807) is 13.2 Å². The summed E-state index contributed by atoms with van der Waals surface area (Å²) in [5.41, 5.74) is 0.300. The summed E-state index contributed by atoms with van der Waals surface area (Å²) < 4.78 is 22.6. The van der Waals surface area contributed by atoms with Crippen LogP contribution < -0.4 is 14.4 Å². The van der Waals surface area contributed by atoms with Gasteiger partial charge < -0.3 is 23.2 Å². The Morgan fingerprint density at radius 2 is 1.72 bits per heavy atom. The fourth-order valence-electron chi connectivity index (χ4n) is 3.38. The molecule has 0 aliphatic carbocycles. The maximum Gasteiger partial charge on any atom is 0.266 e. The maximum atomic E-state index is 9.47. The molecule has 1 aliphatic rings. The van der Waals surface area contributed by atoms with Gasteiger partial charge in [-0.25, -0.2) is 0 Å². The molecule has 3 heterocycles. The summed E-state index contributed by atoms with van der Waals surface area (Å²) in [6, 6.07) is 13.1. The average molecular weight is 393 g/mol. The molecule has 150 valence electrons. The Hall–Kier alpha value is -3.40. The van der Waals surface area contributed by atoms with E-state index in [1.807, 2.05) is 30.3 Å². The number of nitrogens with zero attached hydrogens (tertiary/aromatic N) is 3. The van der Waals surface area contributed by atoms with E-state index in [4.69, 9.17) is 18.3 Å². The fourth-order valence-corrected chi connectivity index (χ4v) is 3.38. The van der Waals surface area contributed by atoms with Crippen molar-refractivity contribution in [2.45, 2.75) is 32.3 Å². The van der Waals surface area contributed by atoms with E-state index in [0.717, 1.165) is 37.4 Å². The van der Waals surface area contributed by atoms with Crippen LogP contribution in [-0.4, -0.2) is 25.2 Å². The van der Waals surface area contributed by atoms with E-state index in [-0.39, 0.29) is 6.61 Å². The first-order chi connectivity index (χ1) is 14.3. The quantitative estimate of drug-likeness (QED) is 0.596. The molecule has 1 fully saturated rings. The molecule has 4 rings (SSSR count). The highest BCUT2D eigenvalue weighted by atomic mass is 16.5. The molecule has 0 radical (unpaired) electrons. The molecule has 7 nitrogen and oxygen atoms in total. The van der Waals surface area contributed by atoms with Gasteiger partial charge in [0.2, 0.25) is 11.6 Å². The highest BCUT2D eigenvalue weighted by Crippen LogP contribution is 2.31. The number of hydrogen-bond donors (Lipinski definition) is 0. The lowest BCUT2D eigenvalue weighted by atomic mass is 10.2. The number of anilines is 1. The van der Waals surface area contributed by atoms with Gasteiger partial charge in [-0.1, -0.05) is 12.8 Å². The zero-order chi connectivity index (χ0) is 20.1. The molecule has 1 saturated heterocycles. The van der Waals surface area contributed by atoms with Gasteiger partial charge >= 0.3 is 0 Å². The van der Waals surface area contributed by atoms with Crippen LogP contribution in [0.15, 0.2) is 45.2 Å². The van der Waals surface area contributed by atoms with Crippen LogP contribution in [0.3, 0.4) is 0 Å². The van der Waals surface area contributed by atoms with Crippen LogP contribution in [0.4, 0.5) is 5.88 Å². The molecule has 0 unspecified atom stereocenters. The maximum absolute atomic E-state index is 9.47. The topological polar surface area (TPSA) is 84.7 Å². The van der Waals surface area contributed by atoms with Gasteiger partial charge in [0.25, 0.3) is 5.89 Å². The highest BCUT2D eigenvalue weighted by Gasteiger charge is 2.22. The number of ether oxygens (including phenoxy) is 2. The largest absolute Gasteiger partial charge is 0.497 e. The van der Waals surface area contributed by atoms with Crippen molar-refractivity contribution in [3.8, 4) is 29.2 Å². The van der Waals surface area contributed by atoms with E-state index in [0.29, 0.717) is 29.0 Å². The molecule has 0 atom stereocenters. The molecule has 1 aliphatic heterocycles. The van der Waals surface area contributed by atoms with Crippen molar-refractivity contribution in [2.24, 2.45) is 0 Å². The van der Waals surface area contributed by atoms with Crippen molar-refractivity contribution in [2.75, 3.05) is 25.1 Å². The number of aromatic nitrogens is 1. The second-order valence-electron chi connectivity index (χ2n) is 6.92. The lowest BCUT2D eigenvalue weighted by Gasteiger charge is -2.18. The van der Waals surface area contributed by atoms with Gasteiger partial charge in [-0.15, -0.1) is 0 Å². The van der Waals surface area contributed by atoms with Gasteiger partial charge in [-0.05, 0) is 49.2 Å². The molecular weight excluding hydrogens is 370 g/mol. The summed E-state index contributed by atoms with van der Waals surface area (Å²) in [5.74, 6) is 3.47. The normalized spacial score (nSPS) is 14.3. The molecule has 7 heteroatoms. The number of hydrogen-bond acceptors (Lipinski definition) is 7. The van der Waals surface area contributed by atoms with Gasteiger partial charge in [0, 0.05) is 13.1 Å². The lowest BCUT2D eigenvalue weighted by Crippen LogP contribution is -2.24.